The highest BCUT2D eigenvalue weighted by Gasteiger charge is 2.18. The summed E-state index contributed by atoms with van der Waals surface area (Å²) in [7, 11) is 1.62. The SMILES string of the molecule is CCCNC(c1cccc(F)c1)c1cc(Cl)ccc1OC. The van der Waals surface area contributed by atoms with Gasteiger partial charge in [-0.3, -0.25) is 0 Å². The molecule has 1 atom stereocenters. The molecule has 0 heterocycles. The van der Waals surface area contributed by atoms with Gasteiger partial charge in [0.1, 0.15) is 11.6 Å². The summed E-state index contributed by atoms with van der Waals surface area (Å²) < 4.78 is 19.0. The maximum Gasteiger partial charge on any atom is 0.124 e. The second-order valence-corrected chi connectivity index (χ2v) is 5.26. The molecular weight excluding hydrogens is 289 g/mol. The largest absolute Gasteiger partial charge is 0.496 e. The van der Waals surface area contributed by atoms with Gasteiger partial charge in [0.2, 0.25) is 0 Å². The molecule has 0 bridgehead atoms. The zero-order valence-corrected chi connectivity index (χ0v) is 13.0. The molecule has 0 fully saturated rings. The lowest BCUT2D eigenvalue weighted by Crippen LogP contribution is -2.23. The van der Waals surface area contributed by atoms with E-state index in [1.54, 1.807) is 19.2 Å². The van der Waals surface area contributed by atoms with E-state index in [2.05, 4.69) is 12.2 Å². The van der Waals surface area contributed by atoms with Crippen LogP contribution in [0.1, 0.15) is 30.5 Å². The van der Waals surface area contributed by atoms with Crippen LogP contribution in [0.3, 0.4) is 0 Å². The zero-order valence-electron chi connectivity index (χ0n) is 12.2. The molecule has 2 rings (SSSR count). The van der Waals surface area contributed by atoms with Gasteiger partial charge in [-0.15, -0.1) is 0 Å². The van der Waals surface area contributed by atoms with Gasteiger partial charge in [0.05, 0.1) is 13.2 Å². The van der Waals surface area contributed by atoms with E-state index in [-0.39, 0.29) is 11.9 Å². The van der Waals surface area contributed by atoms with Crippen LogP contribution in [0.4, 0.5) is 4.39 Å². The molecule has 2 aromatic rings. The Morgan fingerprint density at radius 2 is 2.05 bits per heavy atom. The average molecular weight is 308 g/mol. The zero-order chi connectivity index (χ0) is 15.2. The van der Waals surface area contributed by atoms with E-state index >= 15 is 0 Å². The summed E-state index contributed by atoms with van der Waals surface area (Å²) >= 11 is 6.11. The molecule has 0 spiro atoms. The molecule has 0 aliphatic carbocycles. The van der Waals surface area contributed by atoms with Crippen LogP contribution in [0, 0.1) is 5.82 Å². The monoisotopic (exact) mass is 307 g/mol. The van der Waals surface area contributed by atoms with Crippen molar-refractivity contribution < 1.29 is 9.13 Å². The van der Waals surface area contributed by atoms with Crippen LogP contribution in [0.2, 0.25) is 5.02 Å². The van der Waals surface area contributed by atoms with Crippen LogP contribution in [-0.2, 0) is 0 Å². The number of methoxy groups -OCH3 is 1. The van der Waals surface area contributed by atoms with E-state index in [9.17, 15) is 4.39 Å². The van der Waals surface area contributed by atoms with Gasteiger partial charge in [-0.1, -0.05) is 30.7 Å². The van der Waals surface area contributed by atoms with Gasteiger partial charge in [0.25, 0.3) is 0 Å². The molecule has 0 aliphatic heterocycles. The van der Waals surface area contributed by atoms with Crippen molar-refractivity contribution in [3.05, 3.63) is 64.4 Å². The Kier molecular flexibility index (Phi) is 5.59. The van der Waals surface area contributed by atoms with Crippen molar-refractivity contribution >= 4 is 11.6 Å². The predicted molar refractivity (Wildman–Crippen MR) is 84.5 cm³/mol. The Hall–Kier alpha value is -1.58. The van der Waals surface area contributed by atoms with Gasteiger partial charge in [0, 0.05) is 10.6 Å². The number of benzene rings is 2. The van der Waals surface area contributed by atoms with Gasteiger partial charge < -0.3 is 10.1 Å². The molecule has 0 aliphatic rings. The van der Waals surface area contributed by atoms with E-state index in [0.717, 1.165) is 29.8 Å². The Morgan fingerprint density at radius 3 is 2.71 bits per heavy atom. The molecule has 4 heteroatoms. The number of hydrogen-bond acceptors (Lipinski definition) is 2. The highest BCUT2D eigenvalue weighted by molar-refractivity contribution is 6.30. The van der Waals surface area contributed by atoms with Crippen molar-refractivity contribution in [1.29, 1.82) is 0 Å². The maximum absolute atomic E-state index is 13.5. The highest BCUT2D eigenvalue weighted by Crippen LogP contribution is 2.32. The van der Waals surface area contributed by atoms with Crippen LogP contribution in [0.15, 0.2) is 42.5 Å². The lowest BCUT2D eigenvalue weighted by Gasteiger charge is -2.22. The first-order chi connectivity index (χ1) is 10.2. The average Bonchev–Trinajstić information content (AvgIpc) is 2.48. The van der Waals surface area contributed by atoms with Crippen molar-refractivity contribution in [2.24, 2.45) is 0 Å². The van der Waals surface area contributed by atoms with Gasteiger partial charge >= 0.3 is 0 Å². The van der Waals surface area contributed by atoms with Crippen LogP contribution in [0.25, 0.3) is 0 Å². The van der Waals surface area contributed by atoms with Gasteiger partial charge in [-0.25, -0.2) is 4.39 Å². The highest BCUT2D eigenvalue weighted by atomic mass is 35.5. The smallest absolute Gasteiger partial charge is 0.124 e. The number of halogens is 2. The summed E-state index contributed by atoms with van der Waals surface area (Å²) in [4.78, 5) is 0. The minimum absolute atomic E-state index is 0.158. The summed E-state index contributed by atoms with van der Waals surface area (Å²) in [6, 6.07) is 11.9. The normalized spacial score (nSPS) is 12.2. The van der Waals surface area contributed by atoms with Crippen molar-refractivity contribution in [2.45, 2.75) is 19.4 Å². The number of ether oxygens (including phenoxy) is 1. The van der Waals surface area contributed by atoms with E-state index in [4.69, 9.17) is 16.3 Å². The fraction of sp³-hybridized carbons (Fsp3) is 0.294. The Bertz CT molecular complexity index is 603. The molecule has 1 N–H and O–H groups in total. The van der Waals surface area contributed by atoms with Crippen LogP contribution in [0.5, 0.6) is 5.75 Å². The molecular formula is C17H19ClFNO. The fourth-order valence-corrected chi connectivity index (χ4v) is 2.49. The van der Waals surface area contributed by atoms with Crippen LogP contribution in [-0.4, -0.2) is 13.7 Å². The van der Waals surface area contributed by atoms with Crippen molar-refractivity contribution in [3.8, 4) is 5.75 Å². The summed E-state index contributed by atoms with van der Waals surface area (Å²) in [5, 5.41) is 4.06. The fourth-order valence-electron chi connectivity index (χ4n) is 2.31. The molecule has 0 amide bonds. The Morgan fingerprint density at radius 1 is 1.24 bits per heavy atom. The number of hydrogen-bond donors (Lipinski definition) is 1. The third-order valence-corrected chi connectivity index (χ3v) is 3.52. The van der Waals surface area contributed by atoms with E-state index in [1.807, 2.05) is 18.2 Å². The quantitative estimate of drug-likeness (QED) is 0.843. The molecule has 0 aromatic heterocycles. The van der Waals surface area contributed by atoms with Crippen LogP contribution < -0.4 is 10.1 Å². The third-order valence-electron chi connectivity index (χ3n) is 3.28. The minimum Gasteiger partial charge on any atom is -0.496 e. The van der Waals surface area contributed by atoms with Gasteiger partial charge in [-0.2, -0.15) is 0 Å². The second-order valence-electron chi connectivity index (χ2n) is 4.83. The Balaban J connectivity index is 2.47. The summed E-state index contributed by atoms with van der Waals surface area (Å²) in [5.41, 5.74) is 1.76. The van der Waals surface area contributed by atoms with E-state index in [0.29, 0.717) is 5.02 Å². The summed E-state index contributed by atoms with van der Waals surface area (Å²) in [5.74, 6) is 0.481. The predicted octanol–water partition coefficient (Wildman–Crippen LogP) is 4.58. The molecule has 0 radical (unpaired) electrons. The number of rotatable bonds is 6. The van der Waals surface area contributed by atoms with Crippen LogP contribution >= 0.6 is 11.6 Å². The van der Waals surface area contributed by atoms with Crippen molar-refractivity contribution in [3.63, 3.8) is 0 Å². The lowest BCUT2D eigenvalue weighted by molar-refractivity contribution is 0.403. The first-order valence-electron chi connectivity index (χ1n) is 6.98. The topological polar surface area (TPSA) is 21.3 Å². The second kappa shape index (κ2) is 7.43. The Labute approximate surface area is 129 Å². The van der Waals surface area contributed by atoms with Gasteiger partial charge in [-0.05, 0) is 48.9 Å². The number of nitrogens with one attached hydrogen (secondary N) is 1. The van der Waals surface area contributed by atoms with E-state index in [1.165, 1.54) is 12.1 Å². The molecule has 1 unspecified atom stereocenters. The minimum atomic E-state index is -0.253. The summed E-state index contributed by atoms with van der Waals surface area (Å²) in [6.45, 7) is 2.90. The molecule has 2 nitrogen and oxygen atoms in total. The molecule has 21 heavy (non-hydrogen) atoms. The maximum atomic E-state index is 13.5. The standard InChI is InChI=1S/C17H19ClFNO/c1-3-9-20-17(12-5-4-6-14(19)10-12)15-11-13(18)7-8-16(15)21-2/h4-8,10-11,17,20H,3,9H2,1-2H3. The van der Waals surface area contributed by atoms with Gasteiger partial charge in [0.15, 0.2) is 0 Å². The lowest BCUT2D eigenvalue weighted by atomic mass is 9.97. The molecule has 0 saturated carbocycles. The first kappa shape index (κ1) is 15.8. The molecule has 112 valence electrons. The third kappa shape index (κ3) is 3.96. The molecule has 0 saturated heterocycles. The summed E-state index contributed by atoms with van der Waals surface area (Å²) in [6.07, 6.45) is 0.981. The van der Waals surface area contributed by atoms with E-state index < -0.39 is 0 Å². The molecule has 2 aromatic carbocycles. The first-order valence-corrected chi connectivity index (χ1v) is 7.35. The van der Waals surface area contributed by atoms with Crippen molar-refractivity contribution in [2.75, 3.05) is 13.7 Å². The van der Waals surface area contributed by atoms with Crippen molar-refractivity contribution in [1.82, 2.24) is 5.32 Å².